The Bertz CT molecular complexity index is 583. The van der Waals surface area contributed by atoms with Crippen molar-refractivity contribution in [2.24, 2.45) is 0 Å². The molecule has 0 fully saturated rings. The highest BCUT2D eigenvalue weighted by atomic mass is 19.1. The number of hydrogen-bond acceptors (Lipinski definition) is 3. The van der Waals surface area contributed by atoms with Crippen molar-refractivity contribution in [1.29, 1.82) is 0 Å². The summed E-state index contributed by atoms with van der Waals surface area (Å²) in [5.74, 6) is -1.36. The summed E-state index contributed by atoms with van der Waals surface area (Å²) in [5.41, 5.74) is 1.41. The number of amides is 1. The van der Waals surface area contributed by atoms with Crippen LogP contribution >= 0.6 is 0 Å². The zero-order chi connectivity index (χ0) is 14.7. The van der Waals surface area contributed by atoms with Gasteiger partial charge in [-0.15, -0.1) is 0 Å². The molecule has 0 saturated carbocycles. The number of carbonyl (C=O) groups is 2. The first kappa shape index (κ1) is 14.0. The molecule has 0 aromatic heterocycles. The second-order valence-corrected chi connectivity index (χ2v) is 4.39. The molecule has 1 amide bonds. The van der Waals surface area contributed by atoms with Crippen molar-refractivity contribution in [2.75, 3.05) is 20.2 Å². The maximum atomic E-state index is 13.8. The molecule has 0 radical (unpaired) electrons. The Morgan fingerprint density at radius 1 is 1.40 bits per heavy atom. The molecular weight excluding hydrogens is 265 g/mol. The van der Waals surface area contributed by atoms with Gasteiger partial charge in [0.2, 0.25) is 0 Å². The van der Waals surface area contributed by atoms with E-state index in [2.05, 4.69) is 4.74 Å². The van der Waals surface area contributed by atoms with Crippen molar-refractivity contribution in [3.63, 3.8) is 0 Å². The van der Waals surface area contributed by atoms with E-state index in [1.807, 2.05) is 0 Å². The Labute approximate surface area is 115 Å². The Balaban J connectivity index is 2.21. The summed E-state index contributed by atoms with van der Waals surface area (Å²) in [5, 5.41) is 8.85. The number of methoxy groups -OCH3 is 1. The van der Waals surface area contributed by atoms with Crippen LogP contribution in [0.5, 0.6) is 0 Å². The fourth-order valence-electron chi connectivity index (χ4n) is 2.10. The minimum Gasteiger partial charge on any atom is -0.465 e. The van der Waals surface area contributed by atoms with E-state index in [1.165, 1.54) is 24.1 Å². The van der Waals surface area contributed by atoms with E-state index in [1.54, 1.807) is 12.1 Å². The molecule has 0 saturated heterocycles. The lowest BCUT2D eigenvalue weighted by molar-refractivity contribution is 0.0595. The maximum Gasteiger partial charge on any atom is 0.407 e. The summed E-state index contributed by atoms with van der Waals surface area (Å²) < 4.78 is 18.3. The molecule has 1 aromatic rings. The van der Waals surface area contributed by atoms with Gasteiger partial charge in [0.15, 0.2) is 0 Å². The van der Waals surface area contributed by atoms with Gasteiger partial charge < -0.3 is 14.7 Å². The highest BCUT2D eigenvalue weighted by Crippen LogP contribution is 2.24. The van der Waals surface area contributed by atoms with Crippen LogP contribution in [-0.2, 0) is 4.74 Å². The van der Waals surface area contributed by atoms with Crippen molar-refractivity contribution in [2.45, 2.75) is 6.42 Å². The first-order valence-electron chi connectivity index (χ1n) is 6.08. The number of rotatable bonds is 2. The van der Waals surface area contributed by atoms with Crippen LogP contribution in [0.15, 0.2) is 24.3 Å². The second-order valence-electron chi connectivity index (χ2n) is 4.39. The lowest BCUT2D eigenvalue weighted by atomic mass is 9.98. The van der Waals surface area contributed by atoms with E-state index in [4.69, 9.17) is 5.11 Å². The molecule has 1 N–H and O–H groups in total. The lowest BCUT2D eigenvalue weighted by Crippen LogP contribution is -2.33. The summed E-state index contributed by atoms with van der Waals surface area (Å²) in [6.07, 6.45) is 1.31. The number of halogens is 1. The predicted octanol–water partition coefficient (Wildman–Crippen LogP) is 2.38. The molecule has 2 rings (SSSR count). The van der Waals surface area contributed by atoms with E-state index in [0.29, 0.717) is 18.5 Å². The molecule has 6 heteroatoms. The van der Waals surface area contributed by atoms with Gasteiger partial charge in [0.05, 0.1) is 12.7 Å². The molecule has 106 valence electrons. The van der Waals surface area contributed by atoms with E-state index in [9.17, 15) is 14.0 Å². The minimum atomic E-state index is -0.965. The first-order chi connectivity index (χ1) is 9.52. The molecule has 1 aliphatic rings. The number of ether oxygens (including phenoxy) is 1. The van der Waals surface area contributed by atoms with Crippen LogP contribution in [-0.4, -0.2) is 42.3 Å². The van der Waals surface area contributed by atoms with E-state index in [-0.39, 0.29) is 12.1 Å². The predicted molar refractivity (Wildman–Crippen MR) is 69.9 cm³/mol. The van der Waals surface area contributed by atoms with Gasteiger partial charge in [-0.05, 0) is 29.7 Å². The van der Waals surface area contributed by atoms with Gasteiger partial charge in [-0.3, -0.25) is 0 Å². The average Bonchev–Trinajstić information content (AvgIpc) is 2.46. The highest BCUT2D eigenvalue weighted by molar-refractivity contribution is 5.90. The van der Waals surface area contributed by atoms with Crippen LogP contribution in [0.3, 0.4) is 0 Å². The SMILES string of the molecule is COC(=O)c1ccc(C2=CCN(C(=O)O)CC2)cc1F. The quantitative estimate of drug-likeness (QED) is 0.844. The van der Waals surface area contributed by atoms with Crippen LogP contribution in [0, 0.1) is 5.82 Å². The number of esters is 1. The Hall–Kier alpha value is -2.37. The molecule has 0 bridgehead atoms. The van der Waals surface area contributed by atoms with Crippen molar-refractivity contribution in [1.82, 2.24) is 4.90 Å². The molecule has 20 heavy (non-hydrogen) atoms. The summed E-state index contributed by atoms with van der Waals surface area (Å²) in [6, 6.07) is 4.28. The number of carboxylic acid groups (broad SMARTS) is 1. The Kier molecular flexibility index (Phi) is 4.02. The normalized spacial score (nSPS) is 14.7. The molecular formula is C14H14FNO4. The van der Waals surface area contributed by atoms with E-state index in [0.717, 1.165) is 5.57 Å². The summed E-state index contributed by atoms with van der Waals surface area (Å²) in [7, 11) is 1.19. The fourth-order valence-corrected chi connectivity index (χ4v) is 2.10. The second kappa shape index (κ2) is 5.73. The number of carbonyl (C=O) groups excluding carboxylic acids is 1. The third kappa shape index (κ3) is 2.79. The molecule has 1 heterocycles. The van der Waals surface area contributed by atoms with Gasteiger partial charge in [-0.2, -0.15) is 0 Å². The standard InChI is InChI=1S/C14H14FNO4/c1-20-13(17)11-3-2-10(8-12(11)15)9-4-6-16(7-5-9)14(18)19/h2-4,8H,5-7H2,1H3,(H,18,19). The van der Waals surface area contributed by atoms with Gasteiger partial charge in [-0.25, -0.2) is 14.0 Å². The lowest BCUT2D eigenvalue weighted by Gasteiger charge is -2.23. The van der Waals surface area contributed by atoms with Crippen LogP contribution in [0.25, 0.3) is 5.57 Å². The van der Waals surface area contributed by atoms with Crippen LogP contribution in [0.1, 0.15) is 22.3 Å². The molecule has 1 aliphatic heterocycles. The fraction of sp³-hybridized carbons (Fsp3) is 0.286. The molecule has 1 aromatic carbocycles. The topological polar surface area (TPSA) is 66.8 Å². The molecule has 0 spiro atoms. The zero-order valence-corrected chi connectivity index (χ0v) is 10.9. The van der Waals surface area contributed by atoms with Crippen LogP contribution in [0.2, 0.25) is 0 Å². The Morgan fingerprint density at radius 2 is 2.15 bits per heavy atom. The maximum absolute atomic E-state index is 13.8. The average molecular weight is 279 g/mol. The molecule has 0 atom stereocenters. The van der Waals surface area contributed by atoms with E-state index < -0.39 is 17.9 Å². The molecule has 0 unspecified atom stereocenters. The third-order valence-electron chi connectivity index (χ3n) is 3.22. The Morgan fingerprint density at radius 3 is 2.65 bits per heavy atom. The van der Waals surface area contributed by atoms with Gasteiger partial charge in [0.1, 0.15) is 5.82 Å². The third-order valence-corrected chi connectivity index (χ3v) is 3.22. The summed E-state index contributed by atoms with van der Waals surface area (Å²) in [4.78, 5) is 23.4. The van der Waals surface area contributed by atoms with Crippen molar-refractivity contribution in [3.8, 4) is 0 Å². The largest absolute Gasteiger partial charge is 0.465 e. The number of benzene rings is 1. The van der Waals surface area contributed by atoms with E-state index >= 15 is 0 Å². The molecule has 0 aliphatic carbocycles. The summed E-state index contributed by atoms with van der Waals surface area (Å²) >= 11 is 0. The minimum absolute atomic E-state index is 0.111. The first-order valence-corrected chi connectivity index (χ1v) is 6.08. The van der Waals surface area contributed by atoms with Gasteiger partial charge in [0.25, 0.3) is 0 Å². The van der Waals surface area contributed by atoms with Crippen molar-refractivity contribution in [3.05, 3.63) is 41.2 Å². The number of nitrogens with zero attached hydrogens (tertiary/aromatic N) is 1. The summed E-state index contributed by atoms with van der Waals surface area (Å²) in [6.45, 7) is 0.659. The smallest absolute Gasteiger partial charge is 0.407 e. The molecule has 5 nitrogen and oxygen atoms in total. The van der Waals surface area contributed by atoms with Gasteiger partial charge in [-0.1, -0.05) is 12.1 Å². The van der Waals surface area contributed by atoms with Crippen molar-refractivity contribution >= 4 is 17.6 Å². The van der Waals surface area contributed by atoms with Crippen LogP contribution in [0.4, 0.5) is 9.18 Å². The number of hydrogen-bond donors (Lipinski definition) is 1. The highest BCUT2D eigenvalue weighted by Gasteiger charge is 2.18. The monoisotopic (exact) mass is 279 g/mol. The van der Waals surface area contributed by atoms with Gasteiger partial charge >= 0.3 is 12.1 Å². The van der Waals surface area contributed by atoms with Crippen molar-refractivity contribution < 1.29 is 23.8 Å². The van der Waals surface area contributed by atoms with Crippen LogP contribution < -0.4 is 0 Å². The zero-order valence-electron chi connectivity index (χ0n) is 10.9. The van der Waals surface area contributed by atoms with Gasteiger partial charge in [0, 0.05) is 13.1 Å².